The predicted octanol–water partition coefficient (Wildman–Crippen LogP) is 8.02. The Morgan fingerprint density at radius 2 is 0.833 bits per heavy atom. The summed E-state index contributed by atoms with van der Waals surface area (Å²) in [4.78, 5) is 2.30. The van der Waals surface area contributed by atoms with Crippen molar-refractivity contribution in [3.8, 4) is 0 Å². The van der Waals surface area contributed by atoms with Crippen LogP contribution in [0.5, 0.6) is 0 Å². The van der Waals surface area contributed by atoms with Crippen molar-refractivity contribution in [2.75, 3.05) is 20.6 Å². The minimum atomic E-state index is 0. The quantitative estimate of drug-likeness (QED) is 0.188. The lowest BCUT2D eigenvalue weighted by Crippen LogP contribution is -2.12. The Kier molecular flexibility index (Phi) is 26.0. The van der Waals surface area contributed by atoms with Gasteiger partial charge in [0.15, 0.2) is 0 Å². The molecule has 2 N–H and O–H groups in total. The zero-order valence-corrected chi connectivity index (χ0v) is 21.0. The van der Waals surface area contributed by atoms with Crippen molar-refractivity contribution >= 4 is 12.4 Å². The third-order valence-corrected chi connectivity index (χ3v) is 5.91. The Hall–Kier alpha value is -0.570. The van der Waals surface area contributed by atoms with Crippen molar-refractivity contribution in [3.05, 3.63) is 35.9 Å². The molecule has 1 rings (SSSR count). The van der Waals surface area contributed by atoms with E-state index in [0.717, 1.165) is 0 Å². The Labute approximate surface area is 194 Å². The van der Waals surface area contributed by atoms with Gasteiger partial charge in [0.1, 0.15) is 0 Å². The maximum absolute atomic E-state index is 2.30. The number of benzene rings is 1. The fraction of sp³-hybridized carbons (Fsp3) is 0.778. The van der Waals surface area contributed by atoms with Gasteiger partial charge in [-0.25, -0.2) is 0 Å². The van der Waals surface area contributed by atoms with Gasteiger partial charge in [-0.2, -0.15) is 0 Å². The lowest BCUT2D eigenvalue weighted by atomic mass is 10.0. The second kappa shape index (κ2) is 24.7. The van der Waals surface area contributed by atoms with Gasteiger partial charge in [-0.15, -0.1) is 12.4 Å². The van der Waals surface area contributed by atoms with Gasteiger partial charge in [-0.3, -0.25) is 0 Å². The first-order chi connectivity index (χ1) is 13.8. The van der Waals surface area contributed by atoms with Crippen LogP contribution in [-0.4, -0.2) is 31.0 Å². The zero-order chi connectivity index (χ0) is 20.1. The topological polar surface area (TPSA) is 34.7 Å². The lowest BCUT2D eigenvalue weighted by molar-refractivity contribution is 0.389. The van der Waals surface area contributed by atoms with Crippen LogP contribution >= 0.6 is 12.4 Å². The van der Waals surface area contributed by atoms with E-state index in [2.05, 4.69) is 49.3 Å². The van der Waals surface area contributed by atoms with Crippen LogP contribution in [0.15, 0.2) is 30.3 Å². The molecule has 0 atom stereocenters. The molecule has 2 nitrogen and oxygen atoms in total. The zero-order valence-electron chi connectivity index (χ0n) is 20.2. The molecule has 3 heteroatoms. The van der Waals surface area contributed by atoms with Crippen LogP contribution in [0.25, 0.3) is 0 Å². The van der Waals surface area contributed by atoms with E-state index < -0.39 is 0 Å². The van der Waals surface area contributed by atoms with E-state index >= 15 is 0 Å². The van der Waals surface area contributed by atoms with Crippen LogP contribution in [0.4, 0.5) is 0 Å². The van der Waals surface area contributed by atoms with Gasteiger partial charge in [0.05, 0.1) is 0 Å². The highest BCUT2D eigenvalue weighted by molar-refractivity contribution is 5.85. The number of rotatable bonds is 20. The fourth-order valence-electron chi connectivity index (χ4n) is 4.05. The molecule has 30 heavy (non-hydrogen) atoms. The highest BCUT2D eigenvalue weighted by atomic mass is 35.5. The summed E-state index contributed by atoms with van der Waals surface area (Å²) in [6.07, 6.45) is 25.8. The van der Waals surface area contributed by atoms with E-state index in [1.165, 1.54) is 128 Å². The predicted molar refractivity (Wildman–Crippen MR) is 138 cm³/mol. The van der Waals surface area contributed by atoms with Crippen LogP contribution in [0.1, 0.15) is 115 Å². The summed E-state index contributed by atoms with van der Waals surface area (Å²) >= 11 is 0. The number of hydrogen-bond acceptors (Lipinski definition) is 1. The van der Waals surface area contributed by atoms with Gasteiger partial charge in [-0.05, 0) is 45.5 Å². The Morgan fingerprint density at radius 1 is 0.500 bits per heavy atom. The van der Waals surface area contributed by atoms with E-state index in [1.807, 2.05) is 0 Å². The van der Waals surface area contributed by atoms with Crippen molar-refractivity contribution < 1.29 is 5.48 Å². The molecule has 0 spiro atoms. The van der Waals surface area contributed by atoms with Crippen molar-refractivity contribution in [2.45, 2.75) is 116 Å². The molecule has 0 fully saturated rings. The number of unbranched alkanes of at least 4 members (excludes halogenated alkanes) is 16. The molecule has 1 aromatic carbocycles. The third kappa shape index (κ3) is 22.1. The smallest absolute Gasteiger partial charge is 0.00248 e. The van der Waals surface area contributed by atoms with Gasteiger partial charge in [0, 0.05) is 0 Å². The van der Waals surface area contributed by atoms with Crippen molar-refractivity contribution in [3.63, 3.8) is 0 Å². The second-order valence-electron chi connectivity index (χ2n) is 9.05. The minimum Gasteiger partial charge on any atom is -0.412 e. The molecule has 0 aliphatic rings. The summed E-state index contributed by atoms with van der Waals surface area (Å²) in [6.45, 7) is 1.26. The molecular weight excluding hydrogens is 390 g/mol. The fourth-order valence-corrected chi connectivity index (χ4v) is 4.05. The first-order valence-electron chi connectivity index (χ1n) is 12.5. The van der Waals surface area contributed by atoms with Gasteiger partial charge < -0.3 is 10.4 Å². The van der Waals surface area contributed by atoms with E-state index in [1.54, 1.807) is 0 Å². The molecule has 0 heterocycles. The molecule has 0 aliphatic heterocycles. The van der Waals surface area contributed by atoms with Gasteiger partial charge in [0.2, 0.25) is 0 Å². The van der Waals surface area contributed by atoms with E-state index in [4.69, 9.17) is 0 Å². The Morgan fingerprint density at radius 3 is 1.20 bits per heavy atom. The van der Waals surface area contributed by atoms with Gasteiger partial charge in [-0.1, -0.05) is 127 Å². The van der Waals surface area contributed by atoms with E-state index in [0.29, 0.717) is 0 Å². The molecule has 0 radical (unpaired) electrons. The summed E-state index contributed by atoms with van der Waals surface area (Å²) in [5.41, 5.74) is 1.50. The second-order valence-corrected chi connectivity index (χ2v) is 9.05. The van der Waals surface area contributed by atoms with Crippen LogP contribution in [-0.2, 0) is 6.42 Å². The molecule has 0 saturated heterocycles. The number of aryl methyl sites for hydroxylation is 1. The largest absolute Gasteiger partial charge is 0.412 e. The first kappa shape index (κ1) is 31.6. The molecule has 0 unspecified atom stereocenters. The third-order valence-electron chi connectivity index (χ3n) is 5.91. The minimum absolute atomic E-state index is 0. The molecular formula is C27H52ClNO. The van der Waals surface area contributed by atoms with Crippen molar-refractivity contribution in [1.29, 1.82) is 0 Å². The van der Waals surface area contributed by atoms with Crippen LogP contribution in [0.2, 0.25) is 0 Å². The Balaban J connectivity index is 0. The lowest BCUT2D eigenvalue weighted by Gasteiger charge is -2.08. The standard InChI is InChI=1S/C27H49N.ClH.H2O/c1-28(2)26-22-17-15-13-11-9-7-5-3-4-6-8-10-12-14-16-19-23-27-24-20-18-21-25-27;;/h18,20-21,24-25H,3-17,19,22-23,26H2,1-2H3;1H;1H2. The average molecular weight is 442 g/mol. The van der Waals surface area contributed by atoms with Crippen molar-refractivity contribution in [1.82, 2.24) is 4.90 Å². The number of hydrogen-bond donors (Lipinski definition) is 0. The summed E-state index contributed by atoms with van der Waals surface area (Å²) in [5, 5.41) is 0. The van der Waals surface area contributed by atoms with E-state index in [9.17, 15) is 0 Å². The molecule has 178 valence electrons. The summed E-state index contributed by atoms with van der Waals surface area (Å²) in [7, 11) is 4.35. The van der Waals surface area contributed by atoms with E-state index in [-0.39, 0.29) is 17.9 Å². The molecule has 0 saturated carbocycles. The number of halogens is 1. The summed E-state index contributed by atoms with van der Waals surface area (Å²) < 4.78 is 0. The average Bonchev–Trinajstić information content (AvgIpc) is 2.70. The van der Waals surface area contributed by atoms with Gasteiger partial charge in [0.25, 0.3) is 0 Å². The monoisotopic (exact) mass is 441 g/mol. The molecule has 1 aromatic rings. The Bertz CT molecular complexity index is 424. The number of nitrogens with zero attached hydrogens (tertiary/aromatic N) is 1. The summed E-state index contributed by atoms with van der Waals surface area (Å²) in [5.74, 6) is 0. The molecule has 0 aromatic heterocycles. The van der Waals surface area contributed by atoms with Gasteiger partial charge >= 0.3 is 0 Å². The molecule has 0 amide bonds. The molecule has 0 bridgehead atoms. The van der Waals surface area contributed by atoms with Crippen LogP contribution in [0.3, 0.4) is 0 Å². The molecule has 0 aliphatic carbocycles. The van der Waals surface area contributed by atoms with Crippen LogP contribution in [0, 0.1) is 0 Å². The maximum Gasteiger partial charge on any atom is -0.00248 e. The SMILES string of the molecule is CN(C)CCCCCCCCCCCCCCCCCCCc1ccccc1.Cl.O. The summed E-state index contributed by atoms with van der Waals surface area (Å²) in [6, 6.07) is 10.9. The van der Waals surface area contributed by atoms with Crippen LogP contribution < -0.4 is 0 Å². The normalized spacial score (nSPS) is 10.6. The first-order valence-corrected chi connectivity index (χ1v) is 12.5. The highest BCUT2D eigenvalue weighted by Crippen LogP contribution is 2.14. The highest BCUT2D eigenvalue weighted by Gasteiger charge is 1.96. The van der Waals surface area contributed by atoms with Crippen molar-refractivity contribution in [2.24, 2.45) is 0 Å². The maximum atomic E-state index is 2.30.